The molecule has 0 aliphatic heterocycles. The molecule has 0 saturated carbocycles. The normalized spacial score (nSPS) is 10.1. The summed E-state index contributed by atoms with van der Waals surface area (Å²) in [5.41, 5.74) is 1.44. The smallest absolute Gasteiger partial charge is 0.341 e. The lowest BCUT2D eigenvalue weighted by atomic mass is 10.1. The number of rotatable bonds is 5. The first-order valence-electron chi connectivity index (χ1n) is 6.18. The highest BCUT2D eigenvalue weighted by Gasteiger charge is 2.15. The van der Waals surface area contributed by atoms with Gasteiger partial charge in [0.05, 0.1) is 14.2 Å². The Kier molecular flexibility index (Phi) is 5.07. The SMILES string of the molecule is COC(=O)c1cccc(CSc2ccccc2)c1OC. The van der Waals surface area contributed by atoms with E-state index in [2.05, 4.69) is 12.1 Å². The van der Waals surface area contributed by atoms with E-state index in [-0.39, 0.29) is 5.97 Å². The second kappa shape index (κ2) is 7.01. The number of hydrogen-bond donors (Lipinski definition) is 0. The number of benzene rings is 2. The molecular weight excluding hydrogens is 272 g/mol. The summed E-state index contributed by atoms with van der Waals surface area (Å²) in [6.07, 6.45) is 0. The molecule has 0 aliphatic rings. The molecule has 0 saturated heterocycles. The molecule has 104 valence electrons. The van der Waals surface area contributed by atoms with Crippen LogP contribution < -0.4 is 4.74 Å². The Morgan fingerprint density at radius 1 is 1.05 bits per heavy atom. The third kappa shape index (κ3) is 3.33. The van der Waals surface area contributed by atoms with Crippen molar-refractivity contribution in [3.05, 3.63) is 59.7 Å². The van der Waals surface area contributed by atoms with Crippen LogP contribution >= 0.6 is 11.8 Å². The number of ether oxygens (including phenoxy) is 2. The molecule has 0 unspecified atom stereocenters. The maximum Gasteiger partial charge on any atom is 0.341 e. The van der Waals surface area contributed by atoms with Crippen LogP contribution in [0.5, 0.6) is 5.75 Å². The fourth-order valence-electron chi connectivity index (χ4n) is 1.89. The lowest BCUT2D eigenvalue weighted by Crippen LogP contribution is -2.05. The van der Waals surface area contributed by atoms with E-state index in [0.29, 0.717) is 11.3 Å². The minimum Gasteiger partial charge on any atom is -0.496 e. The Labute approximate surface area is 122 Å². The van der Waals surface area contributed by atoms with Gasteiger partial charge < -0.3 is 9.47 Å². The number of hydrogen-bond acceptors (Lipinski definition) is 4. The molecule has 0 aromatic heterocycles. The Morgan fingerprint density at radius 3 is 2.45 bits per heavy atom. The summed E-state index contributed by atoms with van der Waals surface area (Å²) in [4.78, 5) is 12.9. The summed E-state index contributed by atoms with van der Waals surface area (Å²) < 4.78 is 10.1. The first kappa shape index (κ1) is 14.5. The van der Waals surface area contributed by atoms with Crippen LogP contribution in [0, 0.1) is 0 Å². The Morgan fingerprint density at radius 2 is 1.80 bits per heavy atom. The lowest BCUT2D eigenvalue weighted by molar-refractivity contribution is 0.0597. The Hall–Kier alpha value is -1.94. The van der Waals surface area contributed by atoms with E-state index in [0.717, 1.165) is 11.3 Å². The molecule has 0 atom stereocenters. The van der Waals surface area contributed by atoms with Gasteiger partial charge in [-0.1, -0.05) is 30.3 Å². The maximum absolute atomic E-state index is 11.7. The molecule has 4 heteroatoms. The molecule has 2 aromatic carbocycles. The molecule has 0 N–H and O–H groups in total. The van der Waals surface area contributed by atoms with Crippen molar-refractivity contribution in [3.8, 4) is 5.75 Å². The second-order valence-electron chi connectivity index (χ2n) is 4.09. The van der Waals surface area contributed by atoms with Gasteiger partial charge in [-0.25, -0.2) is 4.79 Å². The van der Waals surface area contributed by atoms with Gasteiger partial charge in [0.1, 0.15) is 11.3 Å². The van der Waals surface area contributed by atoms with E-state index in [9.17, 15) is 4.79 Å². The van der Waals surface area contributed by atoms with Crippen LogP contribution in [0.1, 0.15) is 15.9 Å². The van der Waals surface area contributed by atoms with Crippen LogP contribution in [0.3, 0.4) is 0 Å². The monoisotopic (exact) mass is 288 g/mol. The zero-order valence-corrected chi connectivity index (χ0v) is 12.3. The van der Waals surface area contributed by atoms with Crippen molar-refractivity contribution in [1.29, 1.82) is 0 Å². The largest absolute Gasteiger partial charge is 0.496 e. The number of thioether (sulfide) groups is 1. The molecule has 3 nitrogen and oxygen atoms in total. The molecule has 0 amide bonds. The third-order valence-electron chi connectivity index (χ3n) is 2.84. The fraction of sp³-hybridized carbons (Fsp3) is 0.188. The van der Waals surface area contributed by atoms with Crippen LogP contribution in [0.2, 0.25) is 0 Å². The Bertz CT molecular complexity index is 582. The van der Waals surface area contributed by atoms with Gasteiger partial charge >= 0.3 is 5.97 Å². The summed E-state index contributed by atoms with van der Waals surface area (Å²) in [6, 6.07) is 15.6. The van der Waals surface area contributed by atoms with Gasteiger partial charge in [-0.15, -0.1) is 11.8 Å². The van der Waals surface area contributed by atoms with Crippen LogP contribution in [0.15, 0.2) is 53.4 Å². The van der Waals surface area contributed by atoms with E-state index in [1.54, 1.807) is 24.9 Å². The molecular formula is C16H16O3S. The zero-order chi connectivity index (χ0) is 14.4. The first-order valence-corrected chi connectivity index (χ1v) is 7.17. The highest BCUT2D eigenvalue weighted by atomic mass is 32.2. The van der Waals surface area contributed by atoms with Crippen molar-refractivity contribution < 1.29 is 14.3 Å². The van der Waals surface area contributed by atoms with Gasteiger partial charge in [-0.05, 0) is 18.2 Å². The second-order valence-corrected chi connectivity index (χ2v) is 5.14. The molecule has 0 heterocycles. The number of methoxy groups -OCH3 is 2. The number of para-hydroxylation sites is 1. The van der Waals surface area contributed by atoms with Crippen LogP contribution in [0.25, 0.3) is 0 Å². The summed E-state index contributed by atoms with van der Waals surface area (Å²) >= 11 is 1.70. The molecule has 0 spiro atoms. The van der Waals surface area contributed by atoms with Gasteiger partial charge in [0.25, 0.3) is 0 Å². The molecule has 0 fully saturated rings. The summed E-state index contributed by atoms with van der Waals surface area (Å²) in [5.74, 6) is 0.939. The average molecular weight is 288 g/mol. The van der Waals surface area contributed by atoms with Crippen molar-refractivity contribution in [2.45, 2.75) is 10.6 Å². The van der Waals surface area contributed by atoms with E-state index < -0.39 is 0 Å². The highest BCUT2D eigenvalue weighted by Crippen LogP contribution is 2.30. The third-order valence-corrected chi connectivity index (χ3v) is 3.90. The highest BCUT2D eigenvalue weighted by molar-refractivity contribution is 7.98. The number of esters is 1. The van der Waals surface area contributed by atoms with Crippen molar-refractivity contribution in [2.24, 2.45) is 0 Å². The van der Waals surface area contributed by atoms with Crippen molar-refractivity contribution in [3.63, 3.8) is 0 Å². The van der Waals surface area contributed by atoms with E-state index >= 15 is 0 Å². The van der Waals surface area contributed by atoms with Gasteiger partial charge in [0, 0.05) is 16.2 Å². The number of carbonyl (C=O) groups excluding carboxylic acids is 1. The molecule has 2 rings (SSSR count). The van der Waals surface area contributed by atoms with Gasteiger partial charge in [0.2, 0.25) is 0 Å². The minimum atomic E-state index is -0.381. The first-order chi connectivity index (χ1) is 9.76. The molecule has 2 aromatic rings. The van der Waals surface area contributed by atoms with Gasteiger partial charge in [-0.3, -0.25) is 0 Å². The maximum atomic E-state index is 11.7. The van der Waals surface area contributed by atoms with E-state index in [1.165, 1.54) is 12.0 Å². The lowest BCUT2D eigenvalue weighted by Gasteiger charge is -2.12. The number of carbonyl (C=O) groups is 1. The molecule has 0 bridgehead atoms. The zero-order valence-electron chi connectivity index (χ0n) is 11.5. The van der Waals surface area contributed by atoms with Crippen molar-refractivity contribution in [1.82, 2.24) is 0 Å². The Balaban J connectivity index is 2.21. The van der Waals surface area contributed by atoms with Gasteiger partial charge in [0.15, 0.2) is 0 Å². The topological polar surface area (TPSA) is 35.5 Å². The van der Waals surface area contributed by atoms with Crippen LogP contribution in [-0.2, 0) is 10.5 Å². The summed E-state index contributed by atoms with van der Waals surface area (Å²) in [5, 5.41) is 0. The van der Waals surface area contributed by atoms with Crippen LogP contribution in [-0.4, -0.2) is 20.2 Å². The predicted octanol–water partition coefficient (Wildman–Crippen LogP) is 3.77. The fourth-order valence-corrected chi connectivity index (χ4v) is 2.79. The molecule has 0 aliphatic carbocycles. The average Bonchev–Trinajstić information content (AvgIpc) is 2.52. The molecule has 0 radical (unpaired) electrons. The summed E-state index contributed by atoms with van der Waals surface area (Å²) in [6.45, 7) is 0. The molecule has 20 heavy (non-hydrogen) atoms. The van der Waals surface area contributed by atoms with Crippen molar-refractivity contribution in [2.75, 3.05) is 14.2 Å². The quantitative estimate of drug-likeness (QED) is 0.619. The predicted molar refractivity (Wildman–Crippen MR) is 80.3 cm³/mol. The minimum absolute atomic E-state index is 0.381. The van der Waals surface area contributed by atoms with Crippen molar-refractivity contribution >= 4 is 17.7 Å². The van der Waals surface area contributed by atoms with E-state index in [4.69, 9.17) is 9.47 Å². The standard InChI is InChI=1S/C16H16O3S/c1-18-15-12(7-6-10-14(15)16(17)19-2)11-20-13-8-4-3-5-9-13/h3-10H,11H2,1-2H3. The van der Waals surface area contributed by atoms with Crippen LogP contribution in [0.4, 0.5) is 0 Å². The van der Waals surface area contributed by atoms with Gasteiger partial charge in [-0.2, -0.15) is 0 Å². The summed E-state index contributed by atoms with van der Waals surface area (Å²) in [7, 11) is 2.94. The van der Waals surface area contributed by atoms with E-state index in [1.807, 2.05) is 30.3 Å².